The first-order valence-electron chi connectivity index (χ1n) is 5.52. The molecule has 0 aliphatic carbocycles. The van der Waals surface area contributed by atoms with Crippen LogP contribution in [-0.4, -0.2) is 28.2 Å². The van der Waals surface area contributed by atoms with Crippen LogP contribution in [0.1, 0.15) is 16.6 Å². The molecule has 100 valence electrons. The van der Waals surface area contributed by atoms with Crippen LogP contribution >= 0.6 is 11.3 Å². The van der Waals surface area contributed by atoms with Gasteiger partial charge in [0.15, 0.2) is 6.04 Å². The summed E-state index contributed by atoms with van der Waals surface area (Å²) in [6.45, 7) is 1.79. The van der Waals surface area contributed by atoms with E-state index in [0.717, 1.165) is 0 Å². The molecular weight excluding hydrogens is 266 g/mol. The minimum Gasteiger partial charge on any atom is -0.481 e. The smallest absolute Gasteiger partial charge is 0.331 e. The second-order valence-corrected chi connectivity index (χ2v) is 4.79. The van der Waals surface area contributed by atoms with E-state index in [9.17, 15) is 9.90 Å². The van der Waals surface area contributed by atoms with Gasteiger partial charge in [0.25, 0.3) is 0 Å². The summed E-state index contributed by atoms with van der Waals surface area (Å²) in [6.07, 6.45) is 0. The highest BCUT2D eigenvalue weighted by atomic mass is 32.1. The first-order valence-corrected chi connectivity index (χ1v) is 6.40. The van der Waals surface area contributed by atoms with Gasteiger partial charge < -0.3 is 15.2 Å². The summed E-state index contributed by atoms with van der Waals surface area (Å²) in [5.41, 5.74) is 0.699. The number of anilines is 1. The molecule has 0 bridgehead atoms. The first kappa shape index (κ1) is 13.3. The van der Waals surface area contributed by atoms with Crippen molar-refractivity contribution in [2.75, 3.05) is 12.4 Å². The van der Waals surface area contributed by atoms with Crippen LogP contribution in [0.3, 0.4) is 0 Å². The lowest BCUT2D eigenvalue weighted by Crippen LogP contribution is -2.21. The molecule has 0 fully saturated rings. The number of nitrogens with zero attached hydrogens (tertiary/aromatic N) is 2. The van der Waals surface area contributed by atoms with Crippen molar-refractivity contribution in [1.82, 2.24) is 9.97 Å². The predicted molar refractivity (Wildman–Crippen MR) is 71.6 cm³/mol. The molecule has 1 atom stereocenters. The molecule has 6 nitrogen and oxygen atoms in total. The largest absolute Gasteiger partial charge is 0.481 e. The van der Waals surface area contributed by atoms with E-state index in [1.807, 2.05) is 5.38 Å². The van der Waals surface area contributed by atoms with Gasteiger partial charge in [-0.3, -0.25) is 0 Å². The number of hydrogen-bond acceptors (Lipinski definition) is 6. The Morgan fingerprint density at radius 1 is 1.53 bits per heavy atom. The molecule has 2 rings (SSSR count). The second-order valence-electron chi connectivity index (χ2n) is 3.81. The lowest BCUT2D eigenvalue weighted by Gasteiger charge is -2.13. The lowest BCUT2D eigenvalue weighted by molar-refractivity contribution is -0.138. The summed E-state index contributed by atoms with van der Waals surface area (Å²) in [4.78, 5) is 20.2. The Hall–Kier alpha value is -2.15. The fourth-order valence-corrected chi connectivity index (χ4v) is 2.32. The van der Waals surface area contributed by atoms with Crippen LogP contribution in [0.25, 0.3) is 0 Å². The van der Waals surface area contributed by atoms with Gasteiger partial charge in [-0.25, -0.2) is 9.78 Å². The normalized spacial score (nSPS) is 11.9. The molecule has 2 N–H and O–H groups in total. The third-order valence-corrected chi connectivity index (χ3v) is 3.33. The van der Waals surface area contributed by atoms with Crippen molar-refractivity contribution in [3.8, 4) is 5.88 Å². The van der Waals surface area contributed by atoms with Crippen LogP contribution in [0.4, 0.5) is 5.95 Å². The average molecular weight is 279 g/mol. The number of rotatable bonds is 5. The molecule has 1 unspecified atom stereocenters. The summed E-state index contributed by atoms with van der Waals surface area (Å²) in [6, 6.07) is 4.36. The average Bonchev–Trinajstić information content (AvgIpc) is 2.88. The summed E-state index contributed by atoms with van der Waals surface area (Å²) in [7, 11) is 1.50. The number of carboxylic acid groups (broad SMARTS) is 1. The van der Waals surface area contributed by atoms with Crippen molar-refractivity contribution in [3.05, 3.63) is 34.2 Å². The van der Waals surface area contributed by atoms with E-state index >= 15 is 0 Å². The number of aryl methyl sites for hydroxylation is 1. The van der Waals surface area contributed by atoms with E-state index in [0.29, 0.717) is 16.5 Å². The molecular formula is C12H13N3O3S. The van der Waals surface area contributed by atoms with Gasteiger partial charge in [-0.05, 0) is 18.4 Å². The number of aliphatic carboxylic acids is 1. The molecule has 0 aliphatic heterocycles. The first-order chi connectivity index (χ1) is 9.10. The van der Waals surface area contributed by atoms with Crippen molar-refractivity contribution in [1.29, 1.82) is 0 Å². The number of methoxy groups -OCH3 is 1. The van der Waals surface area contributed by atoms with Gasteiger partial charge in [0.2, 0.25) is 11.8 Å². The van der Waals surface area contributed by atoms with Crippen LogP contribution in [0.15, 0.2) is 23.6 Å². The third kappa shape index (κ3) is 3.19. The van der Waals surface area contributed by atoms with Crippen molar-refractivity contribution >= 4 is 23.3 Å². The zero-order valence-electron chi connectivity index (χ0n) is 10.5. The maximum absolute atomic E-state index is 11.3. The van der Waals surface area contributed by atoms with Crippen molar-refractivity contribution < 1.29 is 14.6 Å². The Kier molecular flexibility index (Phi) is 3.96. The summed E-state index contributed by atoms with van der Waals surface area (Å²) < 4.78 is 5.03. The van der Waals surface area contributed by atoms with Crippen LogP contribution in [0.2, 0.25) is 0 Å². The SMILES string of the molecule is COc1cc(C)nc(NC(C(=O)O)c2cccs2)n1. The molecule has 0 amide bonds. The molecule has 0 radical (unpaired) electrons. The van der Waals surface area contributed by atoms with Crippen LogP contribution < -0.4 is 10.1 Å². The number of carboxylic acids is 1. The van der Waals surface area contributed by atoms with E-state index in [4.69, 9.17) is 4.74 Å². The molecule has 7 heteroatoms. The maximum Gasteiger partial charge on any atom is 0.331 e. The van der Waals surface area contributed by atoms with Crippen LogP contribution in [0, 0.1) is 6.92 Å². The monoisotopic (exact) mass is 279 g/mol. The quantitative estimate of drug-likeness (QED) is 0.872. The Morgan fingerprint density at radius 2 is 2.32 bits per heavy atom. The summed E-state index contributed by atoms with van der Waals surface area (Å²) >= 11 is 1.36. The highest BCUT2D eigenvalue weighted by molar-refractivity contribution is 7.10. The van der Waals surface area contributed by atoms with Gasteiger partial charge in [0.1, 0.15) is 0 Å². The van der Waals surface area contributed by atoms with E-state index in [2.05, 4.69) is 15.3 Å². The zero-order chi connectivity index (χ0) is 13.8. The fraction of sp³-hybridized carbons (Fsp3) is 0.250. The standard InChI is InChI=1S/C12H13N3O3S/c1-7-6-9(18-2)14-12(13-7)15-10(11(16)17)8-4-3-5-19-8/h3-6,10H,1-2H3,(H,16,17)(H,13,14,15). The van der Waals surface area contributed by atoms with Crippen molar-refractivity contribution in [2.24, 2.45) is 0 Å². The minimum atomic E-state index is -0.980. The zero-order valence-corrected chi connectivity index (χ0v) is 11.3. The number of aromatic nitrogens is 2. The lowest BCUT2D eigenvalue weighted by atomic mass is 10.2. The van der Waals surface area contributed by atoms with Gasteiger partial charge in [-0.15, -0.1) is 11.3 Å². The number of hydrogen-bond donors (Lipinski definition) is 2. The van der Waals surface area contributed by atoms with Gasteiger partial charge >= 0.3 is 5.97 Å². The Labute approximate surface area is 114 Å². The third-order valence-electron chi connectivity index (χ3n) is 2.39. The number of thiophene rings is 1. The second kappa shape index (κ2) is 5.66. The molecule has 0 aromatic carbocycles. The minimum absolute atomic E-state index is 0.234. The predicted octanol–water partition coefficient (Wildman–Crippen LogP) is 2.09. The van der Waals surface area contributed by atoms with Gasteiger partial charge in [0, 0.05) is 16.6 Å². The Morgan fingerprint density at radius 3 is 2.89 bits per heavy atom. The molecule has 0 aliphatic rings. The van der Waals surface area contributed by atoms with Crippen LogP contribution in [0.5, 0.6) is 5.88 Å². The Bertz CT molecular complexity index is 572. The fourth-order valence-electron chi connectivity index (χ4n) is 1.55. The topological polar surface area (TPSA) is 84.3 Å². The highest BCUT2D eigenvalue weighted by Crippen LogP contribution is 2.23. The molecule has 19 heavy (non-hydrogen) atoms. The number of nitrogens with one attached hydrogen (secondary N) is 1. The van der Waals surface area contributed by atoms with Gasteiger partial charge in [-0.1, -0.05) is 6.07 Å². The van der Waals surface area contributed by atoms with E-state index < -0.39 is 12.0 Å². The van der Waals surface area contributed by atoms with E-state index in [1.165, 1.54) is 18.4 Å². The number of ether oxygens (including phenoxy) is 1. The molecule has 0 saturated carbocycles. The summed E-state index contributed by atoms with van der Waals surface area (Å²) in [5, 5.41) is 13.9. The summed E-state index contributed by atoms with van der Waals surface area (Å²) in [5.74, 6) is -0.352. The van der Waals surface area contributed by atoms with Gasteiger partial charge in [0.05, 0.1) is 7.11 Å². The molecule has 0 saturated heterocycles. The van der Waals surface area contributed by atoms with Crippen LogP contribution in [-0.2, 0) is 4.79 Å². The molecule has 0 spiro atoms. The Balaban J connectivity index is 2.27. The van der Waals surface area contributed by atoms with E-state index in [-0.39, 0.29) is 5.95 Å². The van der Waals surface area contributed by atoms with Gasteiger partial charge in [-0.2, -0.15) is 4.98 Å². The number of carbonyl (C=O) groups is 1. The molecule has 2 aromatic rings. The van der Waals surface area contributed by atoms with E-state index in [1.54, 1.807) is 25.1 Å². The molecule has 2 aromatic heterocycles. The van der Waals surface area contributed by atoms with Crippen molar-refractivity contribution in [3.63, 3.8) is 0 Å². The molecule has 2 heterocycles. The highest BCUT2D eigenvalue weighted by Gasteiger charge is 2.22. The van der Waals surface area contributed by atoms with Crippen molar-refractivity contribution in [2.45, 2.75) is 13.0 Å². The maximum atomic E-state index is 11.3.